The van der Waals surface area contributed by atoms with Crippen LogP contribution >= 0.6 is 0 Å². The number of nitrogens with one attached hydrogen (secondary N) is 1. The lowest BCUT2D eigenvalue weighted by molar-refractivity contribution is 0.668. The van der Waals surface area contributed by atoms with Crippen LogP contribution in [0.2, 0.25) is 0 Å². The molecule has 0 spiro atoms. The van der Waals surface area contributed by atoms with Crippen LogP contribution in [-0.2, 0) is 0 Å². The normalized spacial score (nSPS) is 14.6. The Balaban J connectivity index is 1.18. The standard InChI is InChI=1S/C43H29N3O/c1-3-10-28(11-4-1)30-18-21-32(22-19-30)42-44-41(31-13-5-2-6-14-31)45-43(46-42)36-16-9-17-39-40(36)37-27-35(24-25-38(37)47-39)34-23-20-29-12-7-8-15-33(29)26-34/h1-27,42H,(H,44,45,46). The van der Waals surface area contributed by atoms with Crippen LogP contribution in [0.4, 0.5) is 0 Å². The van der Waals surface area contributed by atoms with Crippen molar-refractivity contribution in [2.75, 3.05) is 0 Å². The van der Waals surface area contributed by atoms with Crippen molar-refractivity contribution in [3.8, 4) is 22.3 Å². The molecule has 0 bridgehead atoms. The number of benzene rings is 7. The monoisotopic (exact) mass is 603 g/mol. The summed E-state index contributed by atoms with van der Waals surface area (Å²) in [6.45, 7) is 0. The molecular weight excluding hydrogens is 574 g/mol. The lowest BCUT2D eigenvalue weighted by Crippen LogP contribution is -2.33. The Morgan fingerprint density at radius 1 is 0.489 bits per heavy atom. The highest BCUT2D eigenvalue weighted by atomic mass is 16.3. The minimum absolute atomic E-state index is 0.316. The second kappa shape index (κ2) is 11.3. The number of fused-ring (bicyclic) bond motifs is 4. The highest BCUT2D eigenvalue weighted by Gasteiger charge is 2.23. The number of amidine groups is 2. The fraction of sp³-hybridized carbons (Fsp3) is 0.0233. The van der Waals surface area contributed by atoms with Crippen LogP contribution in [-0.4, -0.2) is 11.7 Å². The van der Waals surface area contributed by atoms with Crippen molar-refractivity contribution in [2.24, 2.45) is 9.98 Å². The smallest absolute Gasteiger partial charge is 0.160 e. The first-order valence-electron chi connectivity index (χ1n) is 15.9. The summed E-state index contributed by atoms with van der Waals surface area (Å²) in [7, 11) is 0. The first-order valence-corrected chi connectivity index (χ1v) is 15.9. The summed E-state index contributed by atoms with van der Waals surface area (Å²) in [5.41, 5.74) is 9.33. The van der Waals surface area contributed by atoms with Crippen LogP contribution in [0.1, 0.15) is 22.9 Å². The van der Waals surface area contributed by atoms with Crippen LogP contribution in [0.3, 0.4) is 0 Å². The van der Waals surface area contributed by atoms with E-state index in [0.717, 1.165) is 50.0 Å². The molecule has 0 fully saturated rings. The van der Waals surface area contributed by atoms with E-state index < -0.39 is 0 Å². The van der Waals surface area contributed by atoms with Gasteiger partial charge in [0.2, 0.25) is 0 Å². The summed E-state index contributed by atoms with van der Waals surface area (Å²) in [5.74, 6) is 1.46. The van der Waals surface area contributed by atoms with E-state index in [-0.39, 0.29) is 6.17 Å². The van der Waals surface area contributed by atoms with Gasteiger partial charge < -0.3 is 9.73 Å². The van der Waals surface area contributed by atoms with E-state index in [2.05, 4.69) is 133 Å². The summed E-state index contributed by atoms with van der Waals surface area (Å²) in [6, 6.07) is 57.0. The number of furan rings is 1. The van der Waals surface area contributed by atoms with Crippen molar-refractivity contribution in [3.63, 3.8) is 0 Å². The Labute approximate surface area is 272 Å². The van der Waals surface area contributed by atoms with E-state index in [1.165, 1.54) is 27.5 Å². The van der Waals surface area contributed by atoms with Crippen molar-refractivity contribution >= 4 is 44.4 Å². The van der Waals surface area contributed by atoms with E-state index in [9.17, 15) is 0 Å². The molecule has 4 heteroatoms. The van der Waals surface area contributed by atoms with Gasteiger partial charge in [-0.15, -0.1) is 0 Å². The van der Waals surface area contributed by atoms with Gasteiger partial charge in [0.1, 0.15) is 23.2 Å². The molecule has 0 aliphatic carbocycles. The average molecular weight is 604 g/mol. The third-order valence-corrected chi connectivity index (χ3v) is 8.94. The molecule has 9 rings (SSSR count). The third kappa shape index (κ3) is 4.97. The predicted molar refractivity (Wildman–Crippen MR) is 194 cm³/mol. The Hall–Kier alpha value is -6.26. The van der Waals surface area contributed by atoms with Crippen molar-refractivity contribution in [2.45, 2.75) is 6.17 Å². The van der Waals surface area contributed by atoms with Crippen molar-refractivity contribution < 1.29 is 4.42 Å². The Morgan fingerprint density at radius 2 is 1.15 bits per heavy atom. The van der Waals surface area contributed by atoms with Gasteiger partial charge in [0, 0.05) is 21.9 Å². The van der Waals surface area contributed by atoms with Crippen LogP contribution in [0.25, 0.3) is 55.0 Å². The molecular formula is C43H29N3O. The zero-order chi connectivity index (χ0) is 31.2. The summed E-state index contributed by atoms with van der Waals surface area (Å²) < 4.78 is 6.40. The Bertz CT molecular complexity index is 2480. The highest BCUT2D eigenvalue weighted by Crippen LogP contribution is 2.36. The van der Waals surface area contributed by atoms with Gasteiger partial charge in [-0.1, -0.05) is 140 Å². The van der Waals surface area contributed by atoms with E-state index in [4.69, 9.17) is 14.4 Å². The summed E-state index contributed by atoms with van der Waals surface area (Å²) in [6.07, 6.45) is -0.316. The second-order valence-electron chi connectivity index (χ2n) is 11.9. The van der Waals surface area contributed by atoms with Crippen LogP contribution in [0.15, 0.2) is 178 Å². The van der Waals surface area contributed by atoms with Crippen molar-refractivity contribution in [3.05, 3.63) is 180 Å². The second-order valence-corrected chi connectivity index (χ2v) is 11.9. The lowest BCUT2D eigenvalue weighted by Gasteiger charge is -2.24. The molecule has 2 heterocycles. The summed E-state index contributed by atoms with van der Waals surface area (Å²) >= 11 is 0. The van der Waals surface area contributed by atoms with Crippen LogP contribution in [0.5, 0.6) is 0 Å². The molecule has 1 atom stereocenters. The van der Waals surface area contributed by atoms with Gasteiger partial charge in [-0.3, -0.25) is 0 Å². The van der Waals surface area contributed by atoms with Gasteiger partial charge in [0.05, 0.1) is 0 Å². The van der Waals surface area contributed by atoms with Gasteiger partial charge in [-0.25, -0.2) is 9.98 Å². The van der Waals surface area contributed by atoms with Gasteiger partial charge in [-0.05, 0) is 62.9 Å². The topological polar surface area (TPSA) is 49.9 Å². The predicted octanol–water partition coefficient (Wildman–Crippen LogP) is 10.6. The molecule has 1 aliphatic heterocycles. The molecule has 0 saturated carbocycles. The lowest BCUT2D eigenvalue weighted by atomic mass is 9.98. The summed E-state index contributed by atoms with van der Waals surface area (Å²) in [4.78, 5) is 10.4. The molecule has 47 heavy (non-hydrogen) atoms. The molecule has 0 saturated heterocycles. The van der Waals surface area contributed by atoms with Gasteiger partial charge in [-0.2, -0.15) is 0 Å². The van der Waals surface area contributed by atoms with Gasteiger partial charge in [0.15, 0.2) is 5.84 Å². The molecule has 1 aromatic heterocycles. The maximum atomic E-state index is 6.40. The quantitative estimate of drug-likeness (QED) is 0.213. The summed E-state index contributed by atoms with van der Waals surface area (Å²) in [5, 5.41) is 8.12. The average Bonchev–Trinajstić information content (AvgIpc) is 3.53. The highest BCUT2D eigenvalue weighted by molar-refractivity contribution is 6.22. The number of hydrogen-bond acceptors (Lipinski definition) is 4. The largest absolute Gasteiger partial charge is 0.456 e. The molecule has 0 amide bonds. The Morgan fingerprint density at radius 3 is 1.96 bits per heavy atom. The van der Waals surface area contributed by atoms with Gasteiger partial charge in [0.25, 0.3) is 0 Å². The molecule has 4 nitrogen and oxygen atoms in total. The minimum atomic E-state index is -0.316. The number of aliphatic imine (C=N–C) groups is 2. The van der Waals surface area contributed by atoms with E-state index in [1.807, 2.05) is 36.4 Å². The first kappa shape index (κ1) is 27.1. The molecule has 1 aliphatic rings. The van der Waals surface area contributed by atoms with Gasteiger partial charge >= 0.3 is 0 Å². The Kier molecular flexibility index (Phi) is 6.50. The molecule has 8 aromatic rings. The first-order chi connectivity index (χ1) is 23.3. The SMILES string of the molecule is c1ccc(C2=NC(c3cccc4oc5ccc(-c6ccc7ccccc7c6)cc5c34)=NC(c3ccc(-c4ccccc4)cc3)N2)cc1. The van der Waals surface area contributed by atoms with Crippen LogP contribution < -0.4 is 5.32 Å². The molecule has 0 radical (unpaired) electrons. The number of nitrogens with zero attached hydrogens (tertiary/aromatic N) is 2. The zero-order valence-corrected chi connectivity index (χ0v) is 25.5. The van der Waals surface area contributed by atoms with E-state index >= 15 is 0 Å². The zero-order valence-electron chi connectivity index (χ0n) is 25.5. The fourth-order valence-corrected chi connectivity index (χ4v) is 6.53. The number of rotatable bonds is 5. The van der Waals surface area contributed by atoms with Crippen LogP contribution in [0, 0.1) is 0 Å². The third-order valence-electron chi connectivity index (χ3n) is 8.94. The van der Waals surface area contributed by atoms with E-state index in [1.54, 1.807) is 0 Å². The van der Waals surface area contributed by atoms with Crippen molar-refractivity contribution in [1.82, 2.24) is 5.32 Å². The fourth-order valence-electron chi connectivity index (χ4n) is 6.53. The minimum Gasteiger partial charge on any atom is -0.456 e. The molecule has 222 valence electrons. The molecule has 1 unspecified atom stereocenters. The maximum Gasteiger partial charge on any atom is 0.160 e. The number of hydrogen-bond donors (Lipinski definition) is 1. The van der Waals surface area contributed by atoms with Crippen molar-refractivity contribution in [1.29, 1.82) is 0 Å². The maximum absolute atomic E-state index is 6.40. The van der Waals surface area contributed by atoms with E-state index in [0.29, 0.717) is 5.84 Å². The molecule has 1 N–H and O–H groups in total. The molecule has 7 aromatic carbocycles.